The molecule has 1 heterocycles. The summed E-state index contributed by atoms with van der Waals surface area (Å²) in [5.41, 5.74) is 8.13. The van der Waals surface area contributed by atoms with Crippen LogP contribution in [-0.2, 0) is 4.79 Å². The average Bonchev–Trinajstić information content (AvgIpc) is 2.83. The molecule has 1 aliphatic heterocycles. The van der Waals surface area contributed by atoms with Crippen molar-refractivity contribution in [2.75, 3.05) is 18.1 Å². The van der Waals surface area contributed by atoms with Gasteiger partial charge >= 0.3 is 0 Å². The molecule has 2 N–H and O–H groups in total. The molecule has 1 aliphatic carbocycles. The monoisotopic (exact) mass is 274 g/mol. The molecule has 1 aromatic rings. The molecule has 1 saturated carbocycles. The zero-order chi connectivity index (χ0) is 14.1. The third-order valence-electron chi connectivity index (χ3n) is 4.43. The number of carbonyl (C=O) groups excluding carboxylic acids is 1. The van der Waals surface area contributed by atoms with Gasteiger partial charge in [-0.3, -0.25) is 4.79 Å². The number of fused-ring (bicyclic) bond motifs is 1. The summed E-state index contributed by atoms with van der Waals surface area (Å²) in [6.45, 7) is 3.23. The van der Waals surface area contributed by atoms with Gasteiger partial charge in [0.05, 0.1) is 12.2 Å². The zero-order valence-electron chi connectivity index (χ0n) is 12.0. The second-order valence-electron chi connectivity index (χ2n) is 5.92. The van der Waals surface area contributed by atoms with Crippen molar-refractivity contribution in [3.8, 4) is 5.75 Å². The molecule has 108 valence electrons. The summed E-state index contributed by atoms with van der Waals surface area (Å²) >= 11 is 0. The number of hydrogen-bond acceptors (Lipinski definition) is 3. The Morgan fingerprint density at radius 2 is 2.30 bits per heavy atom. The highest BCUT2D eigenvalue weighted by Crippen LogP contribution is 2.34. The normalized spacial score (nSPS) is 25.2. The number of anilines is 1. The molecule has 20 heavy (non-hydrogen) atoms. The van der Waals surface area contributed by atoms with Crippen LogP contribution in [0.1, 0.15) is 31.2 Å². The minimum Gasteiger partial charge on any atom is -0.490 e. The largest absolute Gasteiger partial charge is 0.490 e. The summed E-state index contributed by atoms with van der Waals surface area (Å²) < 4.78 is 5.66. The third-order valence-corrected chi connectivity index (χ3v) is 4.43. The number of hydrogen-bond donors (Lipinski definition) is 1. The van der Waals surface area contributed by atoms with Crippen LogP contribution in [0.25, 0.3) is 0 Å². The van der Waals surface area contributed by atoms with E-state index in [4.69, 9.17) is 10.5 Å². The van der Waals surface area contributed by atoms with Crippen molar-refractivity contribution in [3.63, 3.8) is 0 Å². The molecular formula is C16H22N2O2. The lowest BCUT2D eigenvalue weighted by molar-refractivity contribution is -0.119. The molecule has 0 bridgehead atoms. The summed E-state index contributed by atoms with van der Waals surface area (Å²) in [7, 11) is 0. The van der Waals surface area contributed by atoms with Crippen LogP contribution in [0.2, 0.25) is 0 Å². The first kappa shape index (κ1) is 13.4. The van der Waals surface area contributed by atoms with E-state index in [1.807, 2.05) is 30.0 Å². The van der Waals surface area contributed by atoms with Crippen LogP contribution in [-0.4, -0.2) is 25.1 Å². The highest BCUT2D eigenvalue weighted by atomic mass is 16.5. The number of amides is 1. The maximum Gasteiger partial charge on any atom is 0.227 e. The quantitative estimate of drug-likeness (QED) is 0.900. The van der Waals surface area contributed by atoms with Gasteiger partial charge in [-0.25, -0.2) is 0 Å². The van der Waals surface area contributed by atoms with Gasteiger partial charge < -0.3 is 15.4 Å². The van der Waals surface area contributed by atoms with Crippen LogP contribution >= 0.6 is 0 Å². The minimum atomic E-state index is 0.181. The van der Waals surface area contributed by atoms with Gasteiger partial charge in [-0.2, -0.15) is 0 Å². The first-order valence-corrected chi connectivity index (χ1v) is 7.44. The van der Waals surface area contributed by atoms with Crippen LogP contribution in [0.5, 0.6) is 5.75 Å². The van der Waals surface area contributed by atoms with Crippen molar-refractivity contribution in [1.82, 2.24) is 0 Å². The van der Waals surface area contributed by atoms with Gasteiger partial charge in [-0.15, -0.1) is 0 Å². The number of nitrogens with zero attached hydrogens (tertiary/aromatic N) is 1. The van der Waals surface area contributed by atoms with E-state index in [9.17, 15) is 4.79 Å². The smallest absolute Gasteiger partial charge is 0.227 e. The fourth-order valence-electron chi connectivity index (χ4n) is 3.24. The van der Waals surface area contributed by atoms with Gasteiger partial charge in [-0.1, -0.05) is 12.5 Å². The molecule has 0 saturated heterocycles. The van der Waals surface area contributed by atoms with Crippen molar-refractivity contribution in [3.05, 3.63) is 23.8 Å². The second kappa shape index (κ2) is 5.44. The second-order valence-corrected chi connectivity index (χ2v) is 5.92. The maximum atomic E-state index is 12.6. The number of rotatable bonds is 2. The maximum absolute atomic E-state index is 12.6. The fourth-order valence-corrected chi connectivity index (χ4v) is 3.24. The van der Waals surface area contributed by atoms with E-state index in [-0.39, 0.29) is 11.9 Å². The Hall–Kier alpha value is -1.55. The van der Waals surface area contributed by atoms with Crippen molar-refractivity contribution >= 4 is 11.6 Å². The number of benzene rings is 1. The molecule has 4 nitrogen and oxygen atoms in total. The summed E-state index contributed by atoms with van der Waals surface area (Å²) in [6.07, 6.45) is 3.85. The number of nitrogens with two attached hydrogens (primary N) is 1. The lowest BCUT2D eigenvalue weighted by atomic mass is 9.99. The van der Waals surface area contributed by atoms with Gasteiger partial charge in [0.25, 0.3) is 0 Å². The molecular weight excluding hydrogens is 252 g/mol. The van der Waals surface area contributed by atoms with Crippen LogP contribution in [0.15, 0.2) is 18.2 Å². The predicted molar refractivity (Wildman–Crippen MR) is 79.0 cm³/mol. The van der Waals surface area contributed by atoms with Gasteiger partial charge in [0.2, 0.25) is 5.91 Å². The molecule has 1 fully saturated rings. The molecule has 0 radical (unpaired) electrons. The van der Waals surface area contributed by atoms with Crippen LogP contribution < -0.4 is 15.4 Å². The Kier molecular flexibility index (Phi) is 3.66. The number of ether oxygens (including phenoxy) is 1. The van der Waals surface area contributed by atoms with E-state index in [1.54, 1.807) is 0 Å². The Morgan fingerprint density at radius 1 is 1.45 bits per heavy atom. The molecule has 2 atom stereocenters. The van der Waals surface area contributed by atoms with Crippen LogP contribution in [0.4, 0.5) is 5.69 Å². The lowest BCUT2D eigenvalue weighted by Gasteiger charge is -2.31. The highest BCUT2D eigenvalue weighted by Gasteiger charge is 2.30. The van der Waals surface area contributed by atoms with Gasteiger partial charge in [0.15, 0.2) is 0 Å². The summed E-state index contributed by atoms with van der Waals surface area (Å²) in [5.74, 6) is 1.35. The van der Waals surface area contributed by atoms with E-state index in [0.717, 1.165) is 36.3 Å². The average molecular weight is 274 g/mol. The molecule has 1 amide bonds. The molecule has 1 aromatic carbocycles. The van der Waals surface area contributed by atoms with E-state index in [1.165, 1.54) is 0 Å². The van der Waals surface area contributed by atoms with Gasteiger partial charge in [0.1, 0.15) is 12.4 Å². The number of carbonyl (C=O) groups is 1. The van der Waals surface area contributed by atoms with Crippen LogP contribution in [0.3, 0.4) is 0 Å². The van der Waals surface area contributed by atoms with E-state index in [2.05, 4.69) is 0 Å². The third kappa shape index (κ3) is 2.52. The molecule has 2 aliphatic rings. The lowest BCUT2D eigenvalue weighted by Crippen LogP contribution is -2.40. The molecule has 0 spiro atoms. The SMILES string of the molecule is Cc1ccc2c(c1)OCCN2C(=O)C[C@@H]1CCC[C@H]1N. The van der Waals surface area contributed by atoms with Crippen molar-refractivity contribution in [2.24, 2.45) is 11.7 Å². The van der Waals surface area contributed by atoms with Gasteiger partial charge in [-0.05, 0) is 43.4 Å². The summed E-state index contributed by atoms with van der Waals surface area (Å²) in [4.78, 5) is 14.4. The van der Waals surface area contributed by atoms with Crippen molar-refractivity contribution < 1.29 is 9.53 Å². The standard InChI is InChI=1S/C16H22N2O2/c1-11-5-6-14-15(9-11)20-8-7-18(14)16(19)10-12-3-2-4-13(12)17/h5-6,9,12-13H,2-4,7-8,10,17H2,1H3/t12-,13+/m0/s1. The molecule has 0 aromatic heterocycles. The predicted octanol–water partition coefficient (Wildman–Crippen LogP) is 2.24. The molecule has 0 unspecified atom stereocenters. The van der Waals surface area contributed by atoms with E-state index >= 15 is 0 Å². The Morgan fingerprint density at radius 3 is 3.05 bits per heavy atom. The first-order valence-electron chi connectivity index (χ1n) is 7.44. The topological polar surface area (TPSA) is 55.6 Å². The first-order chi connectivity index (χ1) is 9.65. The van der Waals surface area contributed by atoms with E-state index in [0.29, 0.717) is 25.5 Å². The van der Waals surface area contributed by atoms with Crippen molar-refractivity contribution in [1.29, 1.82) is 0 Å². The van der Waals surface area contributed by atoms with Gasteiger partial charge in [0, 0.05) is 12.5 Å². The molecule has 4 heteroatoms. The Bertz CT molecular complexity index is 515. The zero-order valence-corrected chi connectivity index (χ0v) is 12.0. The molecule has 3 rings (SSSR count). The van der Waals surface area contributed by atoms with Crippen LogP contribution in [0, 0.1) is 12.8 Å². The fraction of sp³-hybridized carbons (Fsp3) is 0.562. The van der Waals surface area contributed by atoms with E-state index < -0.39 is 0 Å². The summed E-state index contributed by atoms with van der Waals surface area (Å²) in [5, 5.41) is 0. The highest BCUT2D eigenvalue weighted by molar-refractivity contribution is 5.95. The Labute approximate surface area is 119 Å². The van der Waals surface area contributed by atoms with Crippen molar-refractivity contribution in [2.45, 2.75) is 38.6 Å². The number of aryl methyl sites for hydroxylation is 1. The summed E-state index contributed by atoms with van der Waals surface area (Å²) in [6, 6.07) is 6.19. The minimum absolute atomic E-state index is 0.181. The Balaban J connectivity index is 1.76.